The van der Waals surface area contributed by atoms with Crippen LogP contribution >= 0.6 is 0 Å². The Bertz CT molecular complexity index is 1130. The fraction of sp³-hybridized carbons (Fsp3) is 0.318. The number of hydrogen-bond acceptors (Lipinski definition) is 6. The average Bonchev–Trinajstić information content (AvgIpc) is 2.79. The summed E-state index contributed by atoms with van der Waals surface area (Å²) in [5, 5.41) is 3.20. The highest BCUT2D eigenvalue weighted by molar-refractivity contribution is 6.05. The maximum Gasteiger partial charge on any atom is 0.256 e. The number of benzene rings is 1. The number of fused-ring (bicyclic) bond motifs is 2. The van der Waals surface area contributed by atoms with Crippen LogP contribution < -0.4 is 10.2 Å². The molecule has 1 aromatic carbocycles. The van der Waals surface area contributed by atoms with E-state index < -0.39 is 5.66 Å². The van der Waals surface area contributed by atoms with Gasteiger partial charge in [0, 0.05) is 51.1 Å². The van der Waals surface area contributed by atoms with E-state index in [1.165, 1.54) is 0 Å². The number of amides is 2. The molecule has 2 aliphatic rings. The summed E-state index contributed by atoms with van der Waals surface area (Å²) in [6.45, 7) is 3.85. The van der Waals surface area contributed by atoms with E-state index in [9.17, 15) is 9.59 Å². The molecule has 1 spiro atoms. The summed E-state index contributed by atoms with van der Waals surface area (Å²) in [6.07, 6.45) is 6.20. The van der Waals surface area contributed by atoms with Crippen LogP contribution in [0, 0.1) is 0 Å². The van der Waals surface area contributed by atoms with Crippen molar-refractivity contribution >= 4 is 28.7 Å². The molecule has 1 fully saturated rings. The summed E-state index contributed by atoms with van der Waals surface area (Å²) in [6, 6.07) is 9.06. The van der Waals surface area contributed by atoms with Crippen LogP contribution in [0.1, 0.15) is 40.5 Å². The first-order chi connectivity index (χ1) is 14.6. The number of nitrogens with zero attached hydrogens (tertiary/aromatic N) is 5. The molecule has 0 radical (unpaired) electrons. The molecule has 30 heavy (non-hydrogen) atoms. The van der Waals surface area contributed by atoms with Crippen LogP contribution in [0.15, 0.2) is 48.9 Å². The molecule has 1 saturated heterocycles. The molecule has 3 aromatic rings. The first-order valence-corrected chi connectivity index (χ1v) is 10.2. The smallest absolute Gasteiger partial charge is 0.256 e. The molecule has 2 amide bonds. The quantitative estimate of drug-likeness (QED) is 0.707. The second kappa shape index (κ2) is 7.05. The second-order valence-corrected chi connectivity index (χ2v) is 7.63. The lowest BCUT2D eigenvalue weighted by Crippen LogP contribution is -2.68. The number of pyridine rings is 1. The minimum atomic E-state index is -0.525. The predicted molar refractivity (Wildman–Crippen MR) is 112 cm³/mol. The van der Waals surface area contributed by atoms with E-state index in [1.807, 2.05) is 17.0 Å². The molecule has 0 unspecified atom stereocenters. The van der Waals surface area contributed by atoms with Crippen molar-refractivity contribution in [3.63, 3.8) is 0 Å². The molecule has 2 aromatic heterocycles. The van der Waals surface area contributed by atoms with Gasteiger partial charge in [-0.1, -0.05) is 6.07 Å². The standard InChI is InChI=1S/C22H22N6O2/c1-2-28-19-16(6-4-10-25-19)20(29)26-22(28)8-13-27(14-9-22)21(30)15-5-3-7-17-18(15)24-12-11-23-17/h3-7,10-12H,2,8-9,13-14H2,1H3,(H,26,29). The van der Waals surface area contributed by atoms with Gasteiger partial charge in [-0.25, -0.2) is 4.98 Å². The SMILES string of the molecule is CCN1c2ncccc2C(=O)NC12CCN(C(=O)c1cccc3nccnc13)CC2. The highest BCUT2D eigenvalue weighted by Crippen LogP contribution is 2.36. The fourth-order valence-corrected chi connectivity index (χ4v) is 4.60. The average molecular weight is 402 g/mol. The summed E-state index contributed by atoms with van der Waals surface area (Å²) in [5.41, 5.74) is 1.95. The molecule has 152 valence electrons. The van der Waals surface area contributed by atoms with Crippen molar-refractivity contribution in [2.24, 2.45) is 0 Å². The number of carbonyl (C=O) groups excluding carboxylic acids is 2. The van der Waals surface area contributed by atoms with Crippen molar-refractivity contribution in [3.8, 4) is 0 Å². The Labute approximate surface area is 173 Å². The van der Waals surface area contributed by atoms with Crippen LogP contribution in [0.2, 0.25) is 0 Å². The second-order valence-electron chi connectivity index (χ2n) is 7.63. The molecule has 0 saturated carbocycles. The van der Waals surface area contributed by atoms with Crippen LogP contribution in [0.4, 0.5) is 5.82 Å². The fourth-order valence-electron chi connectivity index (χ4n) is 4.60. The lowest BCUT2D eigenvalue weighted by atomic mass is 9.90. The van der Waals surface area contributed by atoms with E-state index in [4.69, 9.17) is 0 Å². The number of likely N-dealkylation sites (tertiary alicyclic amines) is 1. The Kier molecular flexibility index (Phi) is 4.34. The molecule has 4 heterocycles. The van der Waals surface area contributed by atoms with Gasteiger partial charge >= 0.3 is 0 Å². The first kappa shape index (κ1) is 18.5. The van der Waals surface area contributed by atoms with Gasteiger partial charge < -0.3 is 15.1 Å². The van der Waals surface area contributed by atoms with Gasteiger partial charge in [0.05, 0.1) is 16.6 Å². The normalized spacial score (nSPS) is 17.7. The van der Waals surface area contributed by atoms with E-state index in [0.717, 1.165) is 6.54 Å². The van der Waals surface area contributed by atoms with E-state index in [0.29, 0.717) is 53.9 Å². The summed E-state index contributed by atoms with van der Waals surface area (Å²) in [5.74, 6) is 0.555. The van der Waals surface area contributed by atoms with Crippen molar-refractivity contribution in [2.45, 2.75) is 25.4 Å². The van der Waals surface area contributed by atoms with Crippen LogP contribution in [-0.4, -0.2) is 57.0 Å². The van der Waals surface area contributed by atoms with Crippen molar-refractivity contribution in [3.05, 3.63) is 60.0 Å². The minimum Gasteiger partial charge on any atom is -0.338 e. The van der Waals surface area contributed by atoms with Crippen LogP contribution in [-0.2, 0) is 0 Å². The highest BCUT2D eigenvalue weighted by Gasteiger charge is 2.46. The zero-order valence-electron chi connectivity index (χ0n) is 16.7. The number of aromatic nitrogens is 3. The zero-order valence-corrected chi connectivity index (χ0v) is 16.7. The molecule has 2 aliphatic heterocycles. The Balaban J connectivity index is 1.41. The van der Waals surface area contributed by atoms with Crippen molar-refractivity contribution < 1.29 is 9.59 Å². The predicted octanol–water partition coefficient (Wildman–Crippen LogP) is 2.23. The molecule has 1 N–H and O–H groups in total. The Morgan fingerprint density at radius 3 is 2.67 bits per heavy atom. The third kappa shape index (κ3) is 2.79. The first-order valence-electron chi connectivity index (χ1n) is 10.2. The summed E-state index contributed by atoms with van der Waals surface area (Å²) >= 11 is 0. The molecular weight excluding hydrogens is 380 g/mol. The molecule has 0 aliphatic carbocycles. The zero-order chi connectivity index (χ0) is 20.7. The monoisotopic (exact) mass is 402 g/mol. The van der Waals surface area contributed by atoms with E-state index in [-0.39, 0.29) is 11.8 Å². The van der Waals surface area contributed by atoms with Gasteiger partial charge in [0.25, 0.3) is 11.8 Å². The lowest BCUT2D eigenvalue weighted by Gasteiger charge is -2.51. The maximum atomic E-state index is 13.2. The number of hydrogen-bond donors (Lipinski definition) is 1. The summed E-state index contributed by atoms with van der Waals surface area (Å²) < 4.78 is 0. The third-order valence-corrected chi connectivity index (χ3v) is 6.07. The number of para-hydroxylation sites is 1. The molecule has 0 bridgehead atoms. The van der Waals surface area contributed by atoms with E-state index >= 15 is 0 Å². The lowest BCUT2D eigenvalue weighted by molar-refractivity contribution is 0.0603. The minimum absolute atomic E-state index is 0.0559. The van der Waals surface area contributed by atoms with Gasteiger partial charge in [-0.05, 0) is 31.2 Å². The van der Waals surface area contributed by atoms with Gasteiger partial charge in [-0.2, -0.15) is 0 Å². The molecule has 0 atom stereocenters. The van der Waals surface area contributed by atoms with Crippen molar-refractivity contribution in [2.75, 3.05) is 24.5 Å². The molecule has 8 nitrogen and oxygen atoms in total. The van der Waals surface area contributed by atoms with E-state index in [1.54, 1.807) is 36.8 Å². The topological polar surface area (TPSA) is 91.3 Å². The van der Waals surface area contributed by atoms with Gasteiger partial charge in [-0.3, -0.25) is 19.6 Å². The largest absolute Gasteiger partial charge is 0.338 e. The Morgan fingerprint density at radius 2 is 1.87 bits per heavy atom. The van der Waals surface area contributed by atoms with Gasteiger partial charge in [0.15, 0.2) is 0 Å². The number of nitrogens with one attached hydrogen (secondary N) is 1. The number of rotatable bonds is 2. The van der Waals surface area contributed by atoms with Crippen LogP contribution in [0.5, 0.6) is 0 Å². The third-order valence-electron chi connectivity index (χ3n) is 6.07. The maximum absolute atomic E-state index is 13.2. The Hall–Kier alpha value is -3.55. The van der Waals surface area contributed by atoms with Crippen molar-refractivity contribution in [1.82, 2.24) is 25.2 Å². The molecular formula is C22H22N6O2. The van der Waals surface area contributed by atoms with Gasteiger partial charge in [-0.15, -0.1) is 0 Å². The van der Waals surface area contributed by atoms with Gasteiger partial charge in [0.2, 0.25) is 0 Å². The Morgan fingerprint density at radius 1 is 1.07 bits per heavy atom. The molecule has 8 heteroatoms. The van der Waals surface area contributed by atoms with Crippen molar-refractivity contribution in [1.29, 1.82) is 0 Å². The van der Waals surface area contributed by atoms with E-state index in [2.05, 4.69) is 32.1 Å². The number of piperidine rings is 1. The number of anilines is 1. The van der Waals surface area contributed by atoms with Gasteiger partial charge in [0.1, 0.15) is 17.0 Å². The summed E-state index contributed by atoms with van der Waals surface area (Å²) in [4.78, 5) is 43.1. The van der Waals surface area contributed by atoms with Crippen LogP contribution in [0.3, 0.4) is 0 Å². The van der Waals surface area contributed by atoms with Crippen LogP contribution in [0.25, 0.3) is 11.0 Å². The highest BCUT2D eigenvalue weighted by atomic mass is 16.2. The number of carbonyl (C=O) groups is 2. The summed E-state index contributed by atoms with van der Waals surface area (Å²) in [7, 11) is 0. The molecule has 5 rings (SSSR count).